The Morgan fingerprint density at radius 2 is 0.974 bits per heavy atom. The summed E-state index contributed by atoms with van der Waals surface area (Å²) in [7, 11) is 0. The van der Waals surface area contributed by atoms with E-state index in [1.165, 1.54) is 60.5 Å². The van der Waals surface area contributed by atoms with Crippen molar-refractivity contribution >= 4 is 43.6 Å². The van der Waals surface area contributed by atoms with Gasteiger partial charge >= 0.3 is 0 Å². The summed E-state index contributed by atoms with van der Waals surface area (Å²) in [4.78, 5) is 3.83. The first kappa shape index (κ1) is 21.0. The summed E-state index contributed by atoms with van der Waals surface area (Å²) in [5.41, 5.74) is 10.7. The van der Waals surface area contributed by atoms with Gasteiger partial charge in [0.1, 0.15) is 0 Å². The van der Waals surface area contributed by atoms with E-state index in [1.54, 1.807) is 0 Å². The number of benzene rings is 6. The summed E-state index contributed by atoms with van der Waals surface area (Å²) in [6, 6.07) is 50.1. The minimum absolute atomic E-state index is 1.15. The molecule has 0 fully saturated rings. The minimum atomic E-state index is 1.15. The lowest BCUT2D eigenvalue weighted by molar-refractivity contribution is 1.19. The molecule has 38 heavy (non-hydrogen) atoms. The number of hydrogen-bond donors (Lipinski definition) is 1. The number of nitrogens with zero attached hydrogens (tertiary/aromatic N) is 1. The summed E-state index contributed by atoms with van der Waals surface area (Å²) >= 11 is 0. The molecular formula is C36H24N2. The van der Waals surface area contributed by atoms with Crippen LogP contribution in [0.5, 0.6) is 0 Å². The van der Waals surface area contributed by atoms with Crippen LogP contribution < -0.4 is 0 Å². The van der Waals surface area contributed by atoms with Gasteiger partial charge in [0.05, 0.1) is 22.2 Å². The molecule has 0 aliphatic heterocycles. The zero-order valence-corrected chi connectivity index (χ0v) is 20.7. The number of fused-ring (bicyclic) bond motifs is 6. The van der Waals surface area contributed by atoms with Crippen molar-refractivity contribution in [1.82, 2.24) is 9.55 Å². The molecule has 0 bridgehead atoms. The molecule has 0 radical (unpaired) electrons. The van der Waals surface area contributed by atoms with Gasteiger partial charge < -0.3 is 9.55 Å². The minimum Gasteiger partial charge on any atom is -0.353 e. The van der Waals surface area contributed by atoms with Gasteiger partial charge in [-0.25, -0.2) is 0 Å². The van der Waals surface area contributed by atoms with Gasteiger partial charge in [-0.05, 0) is 41.0 Å². The lowest BCUT2D eigenvalue weighted by Crippen LogP contribution is -2.01. The third-order valence-corrected chi connectivity index (χ3v) is 7.73. The SMILES string of the molecule is c1ccc(-c2cc3c([nH]c4ccccc43)c(-n3c4ccccc4c4ccccc43)c2-c2ccccc2)cc1. The van der Waals surface area contributed by atoms with Crippen LogP contribution >= 0.6 is 0 Å². The van der Waals surface area contributed by atoms with Crippen LogP contribution in [0, 0.1) is 0 Å². The highest BCUT2D eigenvalue weighted by atomic mass is 15.0. The van der Waals surface area contributed by atoms with Crippen LogP contribution in [0.4, 0.5) is 0 Å². The van der Waals surface area contributed by atoms with E-state index in [1.807, 2.05) is 0 Å². The second-order valence-electron chi connectivity index (χ2n) is 9.84. The normalized spacial score (nSPS) is 11.7. The molecular weight excluding hydrogens is 460 g/mol. The van der Waals surface area contributed by atoms with Crippen molar-refractivity contribution in [2.24, 2.45) is 0 Å². The molecule has 0 saturated heterocycles. The van der Waals surface area contributed by atoms with Gasteiger partial charge in [-0.15, -0.1) is 0 Å². The Balaban J connectivity index is 1.67. The average molecular weight is 485 g/mol. The largest absolute Gasteiger partial charge is 0.353 e. The Hall–Kier alpha value is -5.08. The van der Waals surface area contributed by atoms with Gasteiger partial charge in [-0.2, -0.15) is 0 Å². The molecule has 2 aromatic heterocycles. The predicted molar refractivity (Wildman–Crippen MR) is 161 cm³/mol. The molecule has 2 nitrogen and oxygen atoms in total. The molecule has 0 saturated carbocycles. The fraction of sp³-hybridized carbons (Fsp3) is 0. The number of hydrogen-bond acceptors (Lipinski definition) is 0. The number of para-hydroxylation sites is 3. The lowest BCUT2D eigenvalue weighted by Gasteiger charge is -2.20. The van der Waals surface area contributed by atoms with Crippen molar-refractivity contribution in [3.05, 3.63) is 140 Å². The number of aromatic nitrogens is 2. The molecule has 0 atom stereocenters. The van der Waals surface area contributed by atoms with Gasteiger partial charge in [0.15, 0.2) is 0 Å². The van der Waals surface area contributed by atoms with Gasteiger partial charge in [0, 0.05) is 32.6 Å². The maximum absolute atomic E-state index is 3.83. The Labute approximate surface area is 220 Å². The van der Waals surface area contributed by atoms with Crippen LogP contribution in [0.2, 0.25) is 0 Å². The number of H-pyrrole nitrogens is 1. The van der Waals surface area contributed by atoms with Crippen LogP contribution in [0.25, 0.3) is 71.6 Å². The van der Waals surface area contributed by atoms with Crippen LogP contribution in [0.1, 0.15) is 0 Å². The Morgan fingerprint density at radius 1 is 0.447 bits per heavy atom. The van der Waals surface area contributed by atoms with Crippen molar-refractivity contribution in [3.8, 4) is 27.9 Å². The van der Waals surface area contributed by atoms with Gasteiger partial charge in [0.2, 0.25) is 0 Å². The number of nitrogens with one attached hydrogen (secondary N) is 1. The van der Waals surface area contributed by atoms with Crippen molar-refractivity contribution in [2.45, 2.75) is 0 Å². The third-order valence-electron chi connectivity index (χ3n) is 7.73. The quantitative estimate of drug-likeness (QED) is 0.258. The molecule has 8 aromatic rings. The summed E-state index contributed by atoms with van der Waals surface area (Å²) < 4.78 is 2.47. The Morgan fingerprint density at radius 3 is 1.63 bits per heavy atom. The van der Waals surface area contributed by atoms with E-state index < -0.39 is 0 Å². The van der Waals surface area contributed by atoms with Crippen LogP contribution in [0.3, 0.4) is 0 Å². The highest BCUT2D eigenvalue weighted by molar-refractivity contribution is 6.18. The highest BCUT2D eigenvalue weighted by Gasteiger charge is 2.23. The predicted octanol–water partition coefficient (Wildman–Crippen LogP) is 9.75. The standard InChI is InChI=1S/C36H24N2/c1-3-13-24(14-4-1)29-23-30-26-17-7-10-20-31(26)37-35(30)36(34(29)25-15-5-2-6-16-25)38-32-21-11-8-18-27(32)28-19-9-12-22-33(28)38/h1-23,37H. The summed E-state index contributed by atoms with van der Waals surface area (Å²) in [5, 5.41) is 4.99. The van der Waals surface area contributed by atoms with E-state index in [4.69, 9.17) is 0 Å². The Kier molecular flexibility index (Phi) is 4.55. The highest BCUT2D eigenvalue weighted by Crippen LogP contribution is 2.46. The third kappa shape index (κ3) is 3.01. The van der Waals surface area contributed by atoms with Crippen molar-refractivity contribution < 1.29 is 0 Å². The van der Waals surface area contributed by atoms with Crippen molar-refractivity contribution in [2.75, 3.05) is 0 Å². The van der Waals surface area contributed by atoms with Gasteiger partial charge in [-0.1, -0.05) is 115 Å². The van der Waals surface area contributed by atoms with Crippen LogP contribution in [-0.2, 0) is 0 Å². The maximum atomic E-state index is 3.83. The van der Waals surface area contributed by atoms with E-state index in [9.17, 15) is 0 Å². The summed E-state index contributed by atoms with van der Waals surface area (Å²) in [5.74, 6) is 0. The molecule has 178 valence electrons. The zero-order chi connectivity index (χ0) is 25.1. The maximum Gasteiger partial charge on any atom is 0.0788 e. The molecule has 2 heteroatoms. The smallest absolute Gasteiger partial charge is 0.0788 e. The fourth-order valence-electron chi connectivity index (χ4n) is 6.10. The molecule has 0 aliphatic carbocycles. The van der Waals surface area contributed by atoms with Gasteiger partial charge in [0.25, 0.3) is 0 Å². The molecule has 1 N–H and O–H groups in total. The van der Waals surface area contributed by atoms with Crippen molar-refractivity contribution in [3.63, 3.8) is 0 Å². The Bertz CT molecular complexity index is 2060. The molecule has 0 spiro atoms. The first-order chi connectivity index (χ1) is 18.9. The molecule has 0 amide bonds. The van der Waals surface area contributed by atoms with E-state index in [0.717, 1.165) is 11.0 Å². The summed E-state index contributed by atoms with van der Waals surface area (Å²) in [6.07, 6.45) is 0. The van der Waals surface area contributed by atoms with E-state index in [2.05, 4.69) is 149 Å². The van der Waals surface area contributed by atoms with E-state index >= 15 is 0 Å². The molecule has 0 unspecified atom stereocenters. The number of rotatable bonds is 3. The monoisotopic (exact) mass is 484 g/mol. The van der Waals surface area contributed by atoms with Crippen LogP contribution in [-0.4, -0.2) is 9.55 Å². The molecule has 8 rings (SSSR count). The first-order valence-corrected chi connectivity index (χ1v) is 13.1. The summed E-state index contributed by atoms with van der Waals surface area (Å²) in [6.45, 7) is 0. The second-order valence-corrected chi connectivity index (χ2v) is 9.84. The van der Waals surface area contributed by atoms with Gasteiger partial charge in [-0.3, -0.25) is 0 Å². The first-order valence-electron chi connectivity index (χ1n) is 13.1. The topological polar surface area (TPSA) is 20.7 Å². The molecule has 6 aromatic carbocycles. The second kappa shape index (κ2) is 8.22. The van der Waals surface area contributed by atoms with Crippen LogP contribution in [0.15, 0.2) is 140 Å². The fourth-order valence-corrected chi connectivity index (χ4v) is 6.10. The lowest BCUT2D eigenvalue weighted by atomic mass is 9.90. The van der Waals surface area contributed by atoms with Crippen molar-refractivity contribution in [1.29, 1.82) is 0 Å². The number of aromatic amines is 1. The van der Waals surface area contributed by atoms with E-state index in [-0.39, 0.29) is 0 Å². The zero-order valence-electron chi connectivity index (χ0n) is 20.7. The average Bonchev–Trinajstić information content (AvgIpc) is 3.53. The molecule has 2 heterocycles. The van der Waals surface area contributed by atoms with E-state index in [0.29, 0.717) is 0 Å². The molecule has 0 aliphatic rings.